The van der Waals surface area contributed by atoms with Crippen molar-refractivity contribution in [3.05, 3.63) is 11.3 Å². The molecule has 0 aromatic rings. The maximum Gasteiger partial charge on any atom is 0.307 e. The number of rotatable bonds is 4. The molecule has 0 heterocycles. The van der Waals surface area contributed by atoms with Crippen LogP contribution < -0.4 is 0 Å². The Balaban J connectivity index is 2.59. The molecule has 1 saturated carbocycles. The summed E-state index contributed by atoms with van der Waals surface area (Å²) in [5.41, 5.74) is 0.251. The number of fused-ring (bicyclic) bond motifs is 2. The fourth-order valence-electron chi connectivity index (χ4n) is 4.55. The number of carboxylic acids is 2. The number of aliphatic carboxylic acids is 2. The average Bonchev–Trinajstić information content (AvgIpc) is 2.78. The normalized spacial score (nSPS) is 35.7. The second-order valence-corrected chi connectivity index (χ2v) is 19.1. The van der Waals surface area contributed by atoms with E-state index in [0.717, 1.165) is 0 Å². The minimum atomic E-state index is -1.64. The molecular weight excluding hydrogens is 300 g/mol. The third kappa shape index (κ3) is 2.52. The largest absolute Gasteiger partial charge is 0.481 e. The van der Waals surface area contributed by atoms with Gasteiger partial charge in [0, 0.05) is 8.07 Å². The van der Waals surface area contributed by atoms with Gasteiger partial charge in [0.2, 0.25) is 0 Å². The molecule has 0 spiro atoms. The van der Waals surface area contributed by atoms with Crippen LogP contribution in [0.2, 0.25) is 44.8 Å². The van der Waals surface area contributed by atoms with Crippen molar-refractivity contribution in [1.29, 1.82) is 0 Å². The van der Waals surface area contributed by atoms with Crippen LogP contribution in [0.1, 0.15) is 0 Å². The van der Waals surface area contributed by atoms with Crippen molar-refractivity contribution in [2.45, 2.75) is 44.8 Å². The molecule has 118 valence electrons. The van der Waals surface area contributed by atoms with Gasteiger partial charge in [-0.25, -0.2) is 0 Å². The first-order valence-electron chi connectivity index (χ1n) is 7.55. The summed E-state index contributed by atoms with van der Waals surface area (Å²) in [5.74, 6) is -3.49. The number of hydrogen-bond donors (Lipinski definition) is 2. The summed E-state index contributed by atoms with van der Waals surface area (Å²) in [6.45, 7) is 13.4. The molecule has 4 nitrogen and oxygen atoms in total. The van der Waals surface area contributed by atoms with Crippen molar-refractivity contribution in [1.82, 2.24) is 0 Å². The van der Waals surface area contributed by atoms with Crippen LogP contribution in [0, 0.1) is 23.7 Å². The molecular formula is C15H26O4Si2. The first-order valence-corrected chi connectivity index (χ1v) is 14.6. The van der Waals surface area contributed by atoms with Gasteiger partial charge in [0.05, 0.1) is 19.9 Å². The number of carboxylic acid groups (broad SMARTS) is 2. The molecule has 2 rings (SSSR count). The van der Waals surface area contributed by atoms with Crippen LogP contribution in [0.4, 0.5) is 0 Å². The molecule has 2 aliphatic carbocycles. The predicted octanol–water partition coefficient (Wildman–Crippen LogP) is 3.16. The van der Waals surface area contributed by atoms with Crippen LogP contribution in [-0.2, 0) is 9.59 Å². The van der Waals surface area contributed by atoms with Gasteiger partial charge in [-0.15, -0.1) is 0 Å². The maximum atomic E-state index is 11.8. The SMILES string of the molecule is C[Si](C)(C)C1=C[C@@H]2[C@H](C(=O)O)[C@H](C(=O)O)[C@H]1[C@@H]2[Si](C)(C)C. The minimum absolute atomic E-state index is 0.0491. The van der Waals surface area contributed by atoms with Crippen LogP contribution in [0.3, 0.4) is 0 Å². The molecule has 0 radical (unpaired) electrons. The van der Waals surface area contributed by atoms with Crippen molar-refractivity contribution >= 4 is 28.1 Å². The van der Waals surface area contributed by atoms with E-state index < -0.39 is 39.9 Å². The first kappa shape index (κ1) is 16.5. The molecule has 0 aromatic carbocycles. The van der Waals surface area contributed by atoms with Gasteiger partial charge in [-0.05, 0) is 17.4 Å². The summed E-state index contributed by atoms with van der Waals surface area (Å²) in [6.07, 6.45) is 2.16. The molecule has 2 aliphatic rings. The number of allylic oxidation sites excluding steroid dienone is 2. The zero-order chi connectivity index (χ0) is 16.3. The average molecular weight is 327 g/mol. The van der Waals surface area contributed by atoms with Gasteiger partial charge < -0.3 is 10.2 Å². The lowest BCUT2D eigenvalue weighted by atomic mass is 9.83. The van der Waals surface area contributed by atoms with E-state index in [-0.39, 0.29) is 17.4 Å². The van der Waals surface area contributed by atoms with E-state index in [9.17, 15) is 19.8 Å². The quantitative estimate of drug-likeness (QED) is 0.778. The lowest BCUT2D eigenvalue weighted by Gasteiger charge is -2.35. The molecule has 21 heavy (non-hydrogen) atoms. The zero-order valence-corrected chi connectivity index (χ0v) is 15.7. The third-order valence-corrected chi connectivity index (χ3v) is 10.1. The zero-order valence-electron chi connectivity index (χ0n) is 13.7. The smallest absolute Gasteiger partial charge is 0.307 e. The van der Waals surface area contributed by atoms with E-state index in [1.165, 1.54) is 5.20 Å². The highest BCUT2D eigenvalue weighted by Gasteiger charge is 2.64. The Morgan fingerprint density at radius 1 is 0.952 bits per heavy atom. The van der Waals surface area contributed by atoms with Crippen molar-refractivity contribution in [2.24, 2.45) is 23.7 Å². The van der Waals surface area contributed by atoms with Gasteiger partial charge in [0.15, 0.2) is 0 Å². The Morgan fingerprint density at radius 2 is 1.43 bits per heavy atom. The Kier molecular flexibility index (Phi) is 3.77. The van der Waals surface area contributed by atoms with E-state index in [4.69, 9.17) is 0 Å². The minimum Gasteiger partial charge on any atom is -0.481 e. The Hall–Kier alpha value is -0.886. The Labute approximate surface area is 128 Å². The van der Waals surface area contributed by atoms with Gasteiger partial charge in [0.1, 0.15) is 0 Å². The lowest BCUT2D eigenvalue weighted by Crippen LogP contribution is -2.40. The summed E-state index contributed by atoms with van der Waals surface area (Å²) < 4.78 is 0. The highest BCUT2D eigenvalue weighted by molar-refractivity contribution is 6.84. The fraction of sp³-hybridized carbons (Fsp3) is 0.733. The van der Waals surface area contributed by atoms with Gasteiger partial charge in [-0.2, -0.15) is 0 Å². The number of hydrogen-bond acceptors (Lipinski definition) is 2. The second-order valence-electron chi connectivity index (χ2n) is 8.59. The number of carbonyl (C=O) groups is 2. The fourth-order valence-corrected chi connectivity index (χ4v) is 9.69. The monoisotopic (exact) mass is 326 g/mol. The molecule has 6 heteroatoms. The van der Waals surface area contributed by atoms with E-state index in [1.807, 2.05) is 0 Å². The molecule has 1 fully saturated rings. The maximum absolute atomic E-state index is 11.8. The van der Waals surface area contributed by atoms with Crippen LogP contribution in [-0.4, -0.2) is 38.3 Å². The van der Waals surface area contributed by atoms with Crippen molar-refractivity contribution in [3.8, 4) is 0 Å². The molecule has 0 unspecified atom stereocenters. The molecule has 0 saturated heterocycles. The van der Waals surface area contributed by atoms with Crippen LogP contribution >= 0.6 is 0 Å². The van der Waals surface area contributed by atoms with E-state index in [2.05, 4.69) is 45.4 Å². The lowest BCUT2D eigenvalue weighted by molar-refractivity contribution is -0.154. The summed E-state index contributed by atoms with van der Waals surface area (Å²) in [7, 11) is -3.26. The van der Waals surface area contributed by atoms with Crippen molar-refractivity contribution in [2.75, 3.05) is 0 Å². The molecule has 0 aromatic heterocycles. The molecule has 2 N–H and O–H groups in total. The van der Waals surface area contributed by atoms with Gasteiger partial charge in [0.25, 0.3) is 0 Å². The highest BCUT2D eigenvalue weighted by Crippen LogP contribution is 2.63. The summed E-state index contributed by atoms with van der Waals surface area (Å²) in [4.78, 5) is 23.5. The van der Waals surface area contributed by atoms with Crippen LogP contribution in [0.5, 0.6) is 0 Å². The topological polar surface area (TPSA) is 74.6 Å². The van der Waals surface area contributed by atoms with Crippen LogP contribution in [0.15, 0.2) is 11.3 Å². The van der Waals surface area contributed by atoms with Crippen molar-refractivity contribution in [3.63, 3.8) is 0 Å². The Morgan fingerprint density at radius 3 is 1.76 bits per heavy atom. The standard InChI is InChI=1S/C15H26O4Si2/c1-20(2,3)9-7-8-10(14(16)17)12(15(18)19)11(9)13(8)21(4,5)6/h7-8,10-13H,1-6H3,(H,16,17)(H,18,19)/t8-,10+,11+,12+,13-/m1/s1. The molecule has 5 atom stereocenters. The third-order valence-electron chi connectivity index (χ3n) is 5.16. The van der Waals surface area contributed by atoms with Gasteiger partial charge in [-0.1, -0.05) is 50.6 Å². The predicted molar refractivity (Wildman–Crippen MR) is 87.8 cm³/mol. The Bertz CT molecular complexity index is 513. The molecule has 0 aliphatic heterocycles. The van der Waals surface area contributed by atoms with Crippen molar-refractivity contribution < 1.29 is 19.8 Å². The van der Waals surface area contributed by atoms with E-state index in [0.29, 0.717) is 0 Å². The van der Waals surface area contributed by atoms with Gasteiger partial charge >= 0.3 is 11.9 Å². The molecule has 0 amide bonds. The molecule has 2 bridgehead atoms. The second kappa shape index (κ2) is 4.81. The summed E-state index contributed by atoms with van der Waals surface area (Å²) in [6, 6.07) is 0. The van der Waals surface area contributed by atoms with Crippen LogP contribution in [0.25, 0.3) is 0 Å². The summed E-state index contributed by atoms with van der Waals surface area (Å²) in [5, 5.41) is 20.5. The highest BCUT2D eigenvalue weighted by atomic mass is 28.3. The van der Waals surface area contributed by atoms with E-state index >= 15 is 0 Å². The van der Waals surface area contributed by atoms with E-state index in [1.54, 1.807) is 0 Å². The summed E-state index contributed by atoms with van der Waals surface area (Å²) >= 11 is 0. The van der Waals surface area contributed by atoms with Gasteiger partial charge in [-0.3, -0.25) is 9.59 Å². The first-order chi connectivity index (χ1) is 9.37.